The summed E-state index contributed by atoms with van der Waals surface area (Å²) in [5, 5.41) is 0.730. The van der Waals surface area contributed by atoms with E-state index < -0.39 is 34.0 Å². The molecule has 1 saturated heterocycles. The minimum absolute atomic E-state index is 0.00123. The summed E-state index contributed by atoms with van der Waals surface area (Å²) < 4.78 is 70.3. The zero-order valence-electron chi connectivity index (χ0n) is 22.8. The van der Waals surface area contributed by atoms with Crippen LogP contribution >= 0.6 is 34.5 Å². The summed E-state index contributed by atoms with van der Waals surface area (Å²) in [6.45, 7) is 6.37. The van der Waals surface area contributed by atoms with Gasteiger partial charge >= 0.3 is 12.3 Å². The first kappa shape index (κ1) is 32.2. The molecule has 1 amide bonds. The quantitative estimate of drug-likeness (QED) is 0.262. The van der Waals surface area contributed by atoms with E-state index in [1.165, 1.54) is 29.7 Å². The molecule has 1 aliphatic heterocycles. The predicted octanol–water partition coefficient (Wildman–Crippen LogP) is 7.38. The summed E-state index contributed by atoms with van der Waals surface area (Å²) in [6, 6.07) is 6.16. The number of sulfonamides is 1. The fourth-order valence-electron chi connectivity index (χ4n) is 4.23. The summed E-state index contributed by atoms with van der Waals surface area (Å²) >= 11 is 14.1. The van der Waals surface area contributed by atoms with Crippen molar-refractivity contribution in [3.8, 4) is 21.8 Å². The Morgan fingerprint density at radius 2 is 1.83 bits per heavy atom. The van der Waals surface area contributed by atoms with Crippen molar-refractivity contribution in [3.05, 3.63) is 45.8 Å². The molecule has 4 rings (SSSR count). The van der Waals surface area contributed by atoms with Gasteiger partial charge in [-0.2, -0.15) is 13.2 Å². The Labute approximate surface area is 255 Å². The maximum Gasteiger partial charge on any atom is 0.410 e. The van der Waals surface area contributed by atoms with Crippen LogP contribution in [-0.4, -0.2) is 65.0 Å². The molecule has 1 N–H and O–H groups in total. The molecule has 16 heteroatoms. The lowest BCUT2D eigenvalue weighted by Crippen LogP contribution is -2.41. The number of nitrogens with one attached hydrogen (secondary N) is 1. The van der Waals surface area contributed by atoms with Crippen LogP contribution in [0.4, 0.5) is 23.7 Å². The topological polar surface area (TPSA) is 114 Å². The molecule has 0 unspecified atom stereocenters. The number of anilines is 1. The van der Waals surface area contributed by atoms with E-state index in [-0.39, 0.29) is 28.0 Å². The number of aromatic nitrogens is 3. The number of ether oxygens (including phenoxy) is 1. The number of amides is 1. The van der Waals surface area contributed by atoms with Crippen molar-refractivity contribution in [3.63, 3.8) is 0 Å². The van der Waals surface area contributed by atoms with E-state index in [0.29, 0.717) is 47.8 Å². The van der Waals surface area contributed by atoms with E-state index in [2.05, 4.69) is 14.7 Å². The third-order valence-corrected chi connectivity index (χ3v) is 9.27. The third kappa shape index (κ3) is 8.45. The summed E-state index contributed by atoms with van der Waals surface area (Å²) in [4.78, 5) is 27.9. The van der Waals surface area contributed by atoms with Crippen LogP contribution in [0.5, 0.6) is 0 Å². The van der Waals surface area contributed by atoms with Crippen LogP contribution in [0.2, 0.25) is 10.3 Å². The average Bonchev–Trinajstić information content (AvgIpc) is 3.33. The molecule has 1 aromatic carbocycles. The van der Waals surface area contributed by atoms with Crippen molar-refractivity contribution in [2.45, 2.75) is 57.7 Å². The molecule has 0 bridgehead atoms. The number of carbonyl (C=O) groups is 1. The molecule has 0 spiro atoms. The summed E-state index contributed by atoms with van der Waals surface area (Å²) in [6.07, 6.45) is -3.76. The number of hydrogen-bond donors (Lipinski definition) is 1. The van der Waals surface area contributed by atoms with Crippen LogP contribution < -0.4 is 4.72 Å². The first-order valence-corrected chi connectivity index (χ1v) is 16.1. The number of rotatable bonds is 7. The lowest BCUT2D eigenvalue weighted by molar-refractivity contribution is -0.129. The van der Waals surface area contributed by atoms with Crippen molar-refractivity contribution >= 4 is 56.3 Å². The molecule has 42 heavy (non-hydrogen) atoms. The second kappa shape index (κ2) is 12.5. The van der Waals surface area contributed by atoms with Gasteiger partial charge in [-0.15, -0.1) is 11.3 Å². The number of likely N-dealkylation sites (tertiary alicyclic amines) is 1. The monoisotopic (exact) mass is 665 g/mol. The third-order valence-electron chi connectivity index (χ3n) is 6.17. The molecule has 1 aliphatic rings. The first-order valence-electron chi connectivity index (χ1n) is 12.8. The highest BCUT2D eigenvalue weighted by atomic mass is 35.5. The number of thiazole rings is 1. The number of carbonyl (C=O) groups excluding carboxylic acids is 1. The maximum atomic E-state index is 12.6. The number of benzene rings is 1. The normalized spacial score (nSPS) is 15.1. The average molecular weight is 667 g/mol. The van der Waals surface area contributed by atoms with Gasteiger partial charge in [0.15, 0.2) is 0 Å². The molecule has 0 saturated carbocycles. The van der Waals surface area contributed by atoms with Gasteiger partial charge in [0.1, 0.15) is 5.60 Å². The van der Waals surface area contributed by atoms with Crippen molar-refractivity contribution < 1.29 is 31.1 Å². The van der Waals surface area contributed by atoms with Crippen LogP contribution in [0.1, 0.15) is 51.0 Å². The van der Waals surface area contributed by atoms with Crippen molar-refractivity contribution in [1.82, 2.24) is 19.9 Å². The Balaban J connectivity index is 1.65. The molecular weight excluding hydrogens is 638 g/mol. The van der Waals surface area contributed by atoms with Gasteiger partial charge in [0, 0.05) is 30.8 Å². The number of alkyl halides is 3. The van der Waals surface area contributed by atoms with E-state index in [9.17, 15) is 26.4 Å². The van der Waals surface area contributed by atoms with Crippen LogP contribution in [0, 0.1) is 0 Å². The fourth-order valence-corrected chi connectivity index (χ4v) is 7.02. The fraction of sp³-hybridized carbons (Fsp3) is 0.462. The van der Waals surface area contributed by atoms with Gasteiger partial charge in [-0.05, 0) is 57.3 Å². The van der Waals surface area contributed by atoms with Crippen molar-refractivity contribution in [2.24, 2.45) is 0 Å². The lowest BCUT2D eigenvalue weighted by atomic mass is 9.98. The highest BCUT2D eigenvalue weighted by molar-refractivity contribution is 7.92. The van der Waals surface area contributed by atoms with Crippen LogP contribution in [0.25, 0.3) is 21.8 Å². The van der Waals surface area contributed by atoms with Crippen molar-refractivity contribution in [2.75, 3.05) is 23.6 Å². The first-order chi connectivity index (χ1) is 19.5. The Morgan fingerprint density at radius 3 is 2.45 bits per heavy atom. The largest absolute Gasteiger partial charge is 0.444 e. The summed E-state index contributed by atoms with van der Waals surface area (Å²) in [5.74, 6) is -1.15. The smallest absolute Gasteiger partial charge is 0.410 e. The lowest BCUT2D eigenvalue weighted by Gasteiger charge is -2.32. The van der Waals surface area contributed by atoms with Crippen LogP contribution in [0.15, 0.2) is 30.5 Å². The SMILES string of the molecule is CC(C)(C)OC(=O)N1CCC(c2nc(-c3cccc(NS(=O)(=O)CCC(F)(F)F)c3Cl)c(-c3ccnc(Cl)n3)s2)CC1. The minimum Gasteiger partial charge on any atom is -0.444 e. The molecule has 0 aliphatic carbocycles. The molecule has 2 aromatic heterocycles. The summed E-state index contributed by atoms with van der Waals surface area (Å²) in [5.41, 5.74) is 0.536. The molecule has 228 valence electrons. The van der Waals surface area contributed by atoms with Gasteiger partial charge in [-0.1, -0.05) is 23.7 Å². The van der Waals surface area contributed by atoms with Gasteiger partial charge in [-0.3, -0.25) is 4.72 Å². The second-order valence-electron chi connectivity index (χ2n) is 10.6. The number of nitrogens with zero attached hydrogens (tertiary/aromatic N) is 4. The van der Waals surface area contributed by atoms with E-state index >= 15 is 0 Å². The molecule has 9 nitrogen and oxygen atoms in total. The molecular formula is C26H28Cl2F3N5O4S2. The van der Waals surface area contributed by atoms with Gasteiger partial charge in [0.2, 0.25) is 15.3 Å². The van der Waals surface area contributed by atoms with Gasteiger partial charge in [-0.25, -0.2) is 28.2 Å². The molecule has 3 aromatic rings. The minimum atomic E-state index is -4.63. The Hall–Kier alpha value is -2.68. The van der Waals surface area contributed by atoms with E-state index in [1.807, 2.05) is 20.8 Å². The second-order valence-corrected chi connectivity index (χ2v) is 14.2. The van der Waals surface area contributed by atoms with E-state index in [1.54, 1.807) is 17.0 Å². The Kier molecular flexibility index (Phi) is 9.60. The van der Waals surface area contributed by atoms with Gasteiger partial charge in [0.05, 0.1) is 44.2 Å². The van der Waals surface area contributed by atoms with Gasteiger partial charge < -0.3 is 9.64 Å². The number of piperidine rings is 1. The molecule has 0 radical (unpaired) electrons. The highest BCUT2D eigenvalue weighted by Crippen LogP contribution is 2.44. The van der Waals surface area contributed by atoms with E-state index in [4.69, 9.17) is 32.9 Å². The zero-order chi connectivity index (χ0) is 30.9. The molecule has 0 atom stereocenters. The molecule has 3 heterocycles. The number of hydrogen-bond acceptors (Lipinski definition) is 8. The maximum absolute atomic E-state index is 12.6. The summed E-state index contributed by atoms with van der Waals surface area (Å²) in [7, 11) is -4.35. The standard InChI is InChI=1S/C26H28Cl2F3N5O4S2/c1-25(2,3)40-24(37)36-12-8-15(9-13-36)22-34-20(21(41-22)18-7-11-32-23(28)33-18)16-5-4-6-17(19(16)27)35-42(38,39)14-10-26(29,30)31/h4-7,11,15,35H,8-10,12-14H2,1-3H3. The van der Waals surface area contributed by atoms with Crippen LogP contribution in [0.3, 0.4) is 0 Å². The van der Waals surface area contributed by atoms with E-state index in [0.717, 1.165) is 5.01 Å². The zero-order valence-corrected chi connectivity index (χ0v) is 26.0. The van der Waals surface area contributed by atoms with Gasteiger partial charge in [0.25, 0.3) is 0 Å². The Bertz CT molecular complexity index is 1550. The van der Waals surface area contributed by atoms with Crippen LogP contribution in [-0.2, 0) is 14.8 Å². The Morgan fingerprint density at radius 1 is 1.14 bits per heavy atom. The predicted molar refractivity (Wildman–Crippen MR) is 156 cm³/mol. The highest BCUT2D eigenvalue weighted by Gasteiger charge is 2.32. The molecule has 1 fully saturated rings. The van der Waals surface area contributed by atoms with Crippen molar-refractivity contribution in [1.29, 1.82) is 0 Å². The number of halogens is 5.